The van der Waals surface area contributed by atoms with Crippen molar-refractivity contribution in [3.63, 3.8) is 0 Å². The lowest BCUT2D eigenvalue weighted by atomic mass is 9.55. The topological polar surface area (TPSA) is 254 Å². The Morgan fingerprint density at radius 3 is 2.36 bits per heavy atom. The molecular weight excluding hydrogens is 955 g/mol. The van der Waals surface area contributed by atoms with Gasteiger partial charge >= 0.3 is 6.09 Å². The van der Waals surface area contributed by atoms with Gasteiger partial charge < -0.3 is 53.5 Å². The number of benzene rings is 4. The number of nitro groups is 1. The summed E-state index contributed by atoms with van der Waals surface area (Å²) in [7, 11) is 2.99. The summed E-state index contributed by atoms with van der Waals surface area (Å²) < 4.78 is 37.1. The van der Waals surface area contributed by atoms with Gasteiger partial charge in [-0.2, -0.15) is 5.26 Å². The van der Waals surface area contributed by atoms with Crippen LogP contribution in [0.15, 0.2) is 114 Å². The zero-order chi connectivity index (χ0) is 52.6. The normalized spacial score (nSPS) is 20.9. The summed E-state index contributed by atoms with van der Waals surface area (Å²) in [6.45, 7) is 3.68. The number of fused-ring (bicyclic) bond motifs is 2. The summed E-state index contributed by atoms with van der Waals surface area (Å²) in [6, 6.07) is 23.4. The van der Waals surface area contributed by atoms with Gasteiger partial charge in [0, 0.05) is 61.4 Å². The Bertz CT molecular complexity index is 2690. The number of aliphatic hydroxyl groups excluding tert-OH is 3. The highest BCUT2D eigenvalue weighted by molar-refractivity contribution is 6.03. The molecule has 1 aliphatic heterocycles. The van der Waals surface area contributed by atoms with E-state index < -0.39 is 40.6 Å². The number of methoxy groups -OCH3 is 2. The molecule has 2 aliphatic carbocycles. The molecule has 0 aromatic heterocycles. The molecule has 6 unspecified atom stereocenters. The summed E-state index contributed by atoms with van der Waals surface area (Å²) in [5, 5.41) is 58.5. The number of nitrogens with zero attached hydrogens (tertiary/aromatic N) is 4. The van der Waals surface area contributed by atoms with Gasteiger partial charge in [-0.1, -0.05) is 30.1 Å². The molecule has 0 saturated heterocycles. The summed E-state index contributed by atoms with van der Waals surface area (Å²) >= 11 is 0. The van der Waals surface area contributed by atoms with E-state index in [1.54, 1.807) is 83.8 Å². The van der Waals surface area contributed by atoms with Crippen molar-refractivity contribution in [2.45, 2.75) is 69.3 Å². The molecule has 1 heterocycles. The number of rotatable bonds is 26. The number of nitrogens with one attached hydrogen (secondary N) is 1. The van der Waals surface area contributed by atoms with E-state index in [1.165, 1.54) is 26.4 Å². The van der Waals surface area contributed by atoms with Crippen molar-refractivity contribution in [2.24, 2.45) is 22.9 Å². The smallest absolute Gasteiger partial charge is 0.417 e. The lowest BCUT2D eigenvalue weighted by Gasteiger charge is -2.60. The molecule has 0 radical (unpaired) electrons. The number of oxime groups is 1. The summed E-state index contributed by atoms with van der Waals surface area (Å²) in [6.07, 6.45) is 6.73. The molecule has 4 aromatic rings. The van der Waals surface area contributed by atoms with Crippen molar-refractivity contribution in [2.75, 3.05) is 65.7 Å². The molecule has 6 atom stereocenters. The van der Waals surface area contributed by atoms with Crippen LogP contribution in [0.1, 0.15) is 77.9 Å². The third kappa shape index (κ3) is 12.5. The van der Waals surface area contributed by atoms with Crippen LogP contribution < -0.4 is 24.3 Å². The minimum Gasteiger partial charge on any atom is -0.497 e. The molecule has 19 heteroatoms. The monoisotopic (exact) mass is 1020 g/mol. The molecule has 2 amide bonds. The maximum absolute atomic E-state index is 15.2. The fourth-order valence-electron chi connectivity index (χ4n) is 10.3. The molecular formula is C55H63N5O14. The number of non-ortho nitro benzene ring substituents is 1. The third-order valence-electron chi connectivity index (χ3n) is 13.7. The van der Waals surface area contributed by atoms with Crippen LogP contribution in [-0.4, -0.2) is 115 Å². The number of carbonyl (C=O) groups excluding carboxylic acids is 2. The van der Waals surface area contributed by atoms with E-state index in [1.807, 2.05) is 0 Å². The number of hydrogen-bond donors (Lipinski definition) is 4. The van der Waals surface area contributed by atoms with Crippen molar-refractivity contribution in [3.8, 4) is 29.1 Å². The van der Waals surface area contributed by atoms with Crippen molar-refractivity contribution < 1.29 is 63.1 Å². The number of ether oxygens (including phenoxy) is 6. The van der Waals surface area contributed by atoms with Crippen LogP contribution in [0.2, 0.25) is 0 Å². The Morgan fingerprint density at radius 2 is 1.69 bits per heavy atom. The van der Waals surface area contributed by atoms with Gasteiger partial charge in [-0.25, -0.2) is 4.79 Å². The second-order valence-electron chi connectivity index (χ2n) is 18.1. The van der Waals surface area contributed by atoms with Crippen LogP contribution in [-0.2, 0) is 20.9 Å². The minimum absolute atomic E-state index is 0.000851. The quantitative estimate of drug-likeness (QED) is 0.0201. The van der Waals surface area contributed by atoms with Gasteiger partial charge in [0.05, 0.1) is 74.5 Å². The first-order valence-corrected chi connectivity index (χ1v) is 24.7. The van der Waals surface area contributed by atoms with E-state index in [-0.39, 0.29) is 88.0 Å². The Hall–Kier alpha value is -7.34. The molecule has 7 rings (SSSR count). The average molecular weight is 1020 g/mol. The molecule has 74 heavy (non-hydrogen) atoms. The van der Waals surface area contributed by atoms with E-state index in [0.29, 0.717) is 83.9 Å². The second-order valence-corrected chi connectivity index (χ2v) is 18.1. The Kier molecular flexibility index (Phi) is 19.2. The number of hydrogen-bond acceptors (Lipinski definition) is 16. The zero-order valence-electron chi connectivity index (χ0n) is 41.6. The summed E-state index contributed by atoms with van der Waals surface area (Å²) in [5.41, 5.74) is 3.41. The number of nitro benzene ring substituents is 1. The van der Waals surface area contributed by atoms with Crippen molar-refractivity contribution in [1.82, 2.24) is 4.90 Å². The molecule has 3 aliphatic rings. The first-order valence-electron chi connectivity index (χ1n) is 24.7. The SMILES string of the molecule is C=CCOC12Oc3ccc(OC(=O)Nc4ccc(OC)cc4OC)cc3C3C(CCCCO)C(CCCCO)C=C(C(=NOCc4ccc([N+](=O)[O-])cc4)CC1N(CCOCCO)C(=O)c1ccc(C#N)cc1)C32. The molecule has 4 N–H and O–H groups in total. The van der Waals surface area contributed by atoms with Crippen molar-refractivity contribution >= 4 is 29.1 Å². The lowest BCUT2D eigenvalue weighted by Crippen LogP contribution is -2.70. The lowest BCUT2D eigenvalue weighted by molar-refractivity contribution is -0.384. The summed E-state index contributed by atoms with van der Waals surface area (Å²) in [5.74, 6) is -2.16. The van der Waals surface area contributed by atoms with E-state index >= 15 is 4.79 Å². The predicted octanol–water partition coefficient (Wildman–Crippen LogP) is 8.08. The van der Waals surface area contributed by atoms with Crippen LogP contribution in [0.25, 0.3) is 0 Å². The maximum atomic E-state index is 15.2. The highest BCUT2D eigenvalue weighted by Crippen LogP contribution is 2.62. The molecule has 4 aromatic carbocycles. The fraction of sp³-hybridized carbons (Fsp3) is 0.418. The number of carbonyl (C=O) groups is 2. The molecule has 1 fully saturated rings. The van der Waals surface area contributed by atoms with Gasteiger partial charge in [0.2, 0.25) is 5.79 Å². The first kappa shape index (κ1) is 54.4. The van der Waals surface area contributed by atoms with Gasteiger partial charge in [0.1, 0.15) is 35.6 Å². The van der Waals surface area contributed by atoms with E-state index in [9.17, 15) is 35.5 Å². The molecule has 0 spiro atoms. The van der Waals surface area contributed by atoms with Gasteiger partial charge in [0.15, 0.2) is 0 Å². The number of allylic oxidation sites excluding steroid dienone is 1. The number of amides is 2. The second kappa shape index (κ2) is 26.0. The minimum atomic E-state index is -1.68. The van der Waals surface area contributed by atoms with E-state index in [4.69, 9.17) is 38.4 Å². The van der Waals surface area contributed by atoms with E-state index in [2.05, 4.69) is 24.0 Å². The highest BCUT2D eigenvalue weighted by atomic mass is 16.7. The van der Waals surface area contributed by atoms with Gasteiger partial charge in [-0.3, -0.25) is 20.2 Å². The van der Waals surface area contributed by atoms with Crippen LogP contribution in [0, 0.1) is 39.2 Å². The molecule has 19 nitrogen and oxygen atoms in total. The van der Waals surface area contributed by atoms with Crippen molar-refractivity contribution in [3.05, 3.63) is 142 Å². The number of aliphatic hydroxyl groups is 3. The van der Waals surface area contributed by atoms with Crippen LogP contribution in [0.3, 0.4) is 0 Å². The number of nitriles is 1. The van der Waals surface area contributed by atoms with Gasteiger partial charge in [-0.05, 0) is 115 Å². The Labute approximate surface area is 429 Å². The largest absolute Gasteiger partial charge is 0.497 e. The Balaban J connectivity index is 1.42. The Morgan fingerprint density at radius 1 is 0.946 bits per heavy atom. The molecule has 392 valence electrons. The van der Waals surface area contributed by atoms with Gasteiger partial charge in [-0.15, -0.1) is 6.58 Å². The zero-order valence-corrected chi connectivity index (χ0v) is 41.6. The van der Waals surface area contributed by atoms with Crippen LogP contribution >= 0.6 is 0 Å². The van der Waals surface area contributed by atoms with Crippen molar-refractivity contribution in [1.29, 1.82) is 5.26 Å². The molecule has 0 bridgehead atoms. The highest BCUT2D eigenvalue weighted by Gasteiger charge is 2.65. The number of anilines is 1. The fourth-order valence-corrected chi connectivity index (χ4v) is 10.3. The average Bonchev–Trinajstić information content (AvgIpc) is 3.42. The summed E-state index contributed by atoms with van der Waals surface area (Å²) in [4.78, 5) is 47.7. The van der Waals surface area contributed by atoms with Gasteiger partial charge in [0.25, 0.3) is 11.6 Å². The number of unbranched alkanes of at least 4 members (excludes halogenated alkanes) is 2. The van der Waals surface area contributed by atoms with Crippen LogP contribution in [0.5, 0.6) is 23.0 Å². The first-order chi connectivity index (χ1) is 36.0. The maximum Gasteiger partial charge on any atom is 0.417 e. The standard InChI is InChI=1S/C55H63N5O14/c1-4-27-71-55-50(59(23-28-70-29-26-63)53(64)38-15-11-36(34-56)12-16-38)33-47(58-72-35-37-13-17-40(18-14-37)60(66)67)44-30-39(9-5-7-24-61)43(10-6-8-25-62)51(52(44)55)45-31-42(20-22-48(45)74-55)73-54(65)57-46-21-19-41(68-2)32-49(46)69-3/h4,11-22,30-32,39,43,50-52,61-63H,1,5-10,23-29,33,35H2,2-3H3,(H,57,65). The molecule has 1 saturated carbocycles. The third-order valence-corrected chi connectivity index (χ3v) is 13.7. The van der Waals surface area contributed by atoms with Crippen LogP contribution in [0.4, 0.5) is 16.2 Å². The predicted molar refractivity (Wildman–Crippen MR) is 272 cm³/mol. The van der Waals surface area contributed by atoms with E-state index in [0.717, 1.165) is 5.57 Å².